The first-order valence-corrected chi connectivity index (χ1v) is 5.42. The maximum absolute atomic E-state index is 4.38. The molecule has 1 aromatic heterocycles. The first-order chi connectivity index (χ1) is 6.63. The molecule has 0 saturated carbocycles. The van der Waals surface area contributed by atoms with Crippen LogP contribution in [0.2, 0.25) is 0 Å². The molecule has 1 aliphatic heterocycles. The summed E-state index contributed by atoms with van der Waals surface area (Å²) < 4.78 is 2.12. The van der Waals surface area contributed by atoms with Gasteiger partial charge in [0.15, 0.2) is 0 Å². The number of nitrogens with zero attached hydrogens (tertiary/aromatic N) is 2. The molecule has 1 atom stereocenters. The van der Waals surface area contributed by atoms with Gasteiger partial charge in [0.25, 0.3) is 0 Å². The van der Waals surface area contributed by atoms with Gasteiger partial charge in [0.05, 0.1) is 11.2 Å². The van der Waals surface area contributed by atoms with Crippen LogP contribution in [-0.2, 0) is 5.54 Å². The Kier molecular flexibility index (Phi) is 2.35. The number of nitrogens with one attached hydrogen (secondary N) is 1. The van der Waals surface area contributed by atoms with E-state index in [1.165, 1.54) is 18.5 Å². The van der Waals surface area contributed by atoms with Gasteiger partial charge in [-0.3, -0.25) is 4.68 Å². The molecule has 1 aromatic rings. The topological polar surface area (TPSA) is 29.9 Å². The van der Waals surface area contributed by atoms with Crippen molar-refractivity contribution in [1.29, 1.82) is 0 Å². The quantitative estimate of drug-likeness (QED) is 0.779. The van der Waals surface area contributed by atoms with Crippen LogP contribution in [0.4, 0.5) is 0 Å². The lowest BCUT2D eigenvalue weighted by Crippen LogP contribution is -2.36. The zero-order valence-corrected chi connectivity index (χ0v) is 9.25. The van der Waals surface area contributed by atoms with Crippen molar-refractivity contribution < 1.29 is 0 Å². The summed E-state index contributed by atoms with van der Waals surface area (Å²) in [7, 11) is 0. The molecule has 0 aromatic carbocycles. The van der Waals surface area contributed by atoms with Crippen molar-refractivity contribution in [3.8, 4) is 0 Å². The van der Waals surface area contributed by atoms with Crippen molar-refractivity contribution in [3.63, 3.8) is 0 Å². The fraction of sp³-hybridized carbons (Fsp3) is 0.727. The van der Waals surface area contributed by atoms with E-state index < -0.39 is 0 Å². The summed E-state index contributed by atoms with van der Waals surface area (Å²) in [4.78, 5) is 0. The van der Waals surface area contributed by atoms with E-state index in [1.807, 2.05) is 6.20 Å². The molecule has 0 spiro atoms. The lowest BCUT2D eigenvalue weighted by atomic mass is 9.95. The van der Waals surface area contributed by atoms with Crippen molar-refractivity contribution in [1.82, 2.24) is 15.1 Å². The zero-order valence-electron chi connectivity index (χ0n) is 9.25. The molecule has 1 unspecified atom stereocenters. The number of hydrogen-bond acceptors (Lipinski definition) is 2. The second-order valence-electron chi connectivity index (χ2n) is 4.62. The highest BCUT2D eigenvalue weighted by Gasteiger charge is 2.33. The Labute approximate surface area is 85.5 Å². The molecule has 0 aliphatic carbocycles. The standard InChI is InChI=1S/C11H19N3/c1-9(2)14-10(5-8-13-14)11(3)6-4-7-12-11/h5,8-9,12H,4,6-7H2,1-3H3. The average Bonchev–Trinajstić information content (AvgIpc) is 2.71. The first kappa shape index (κ1) is 9.71. The minimum Gasteiger partial charge on any atom is -0.306 e. The van der Waals surface area contributed by atoms with Gasteiger partial charge in [0, 0.05) is 12.2 Å². The van der Waals surface area contributed by atoms with Crippen LogP contribution in [0, 0.1) is 0 Å². The third-order valence-corrected chi connectivity index (χ3v) is 3.09. The number of rotatable bonds is 2. The zero-order chi connectivity index (χ0) is 10.2. The van der Waals surface area contributed by atoms with Gasteiger partial charge >= 0.3 is 0 Å². The Bertz CT molecular complexity index is 308. The Morgan fingerprint density at radius 1 is 1.57 bits per heavy atom. The lowest BCUT2D eigenvalue weighted by molar-refractivity contribution is 0.371. The van der Waals surface area contributed by atoms with Gasteiger partial charge in [-0.2, -0.15) is 5.10 Å². The van der Waals surface area contributed by atoms with E-state index in [0.29, 0.717) is 6.04 Å². The molecule has 0 bridgehead atoms. The van der Waals surface area contributed by atoms with E-state index in [4.69, 9.17) is 0 Å². The average molecular weight is 193 g/mol. The summed E-state index contributed by atoms with van der Waals surface area (Å²) in [5.41, 5.74) is 1.46. The third kappa shape index (κ3) is 1.46. The fourth-order valence-electron chi connectivity index (χ4n) is 2.28. The molecule has 0 amide bonds. The molecule has 0 radical (unpaired) electrons. The van der Waals surface area contributed by atoms with Crippen LogP contribution in [0.5, 0.6) is 0 Å². The summed E-state index contributed by atoms with van der Waals surface area (Å²) in [6.07, 6.45) is 4.38. The van der Waals surface area contributed by atoms with Crippen LogP contribution in [0.1, 0.15) is 45.3 Å². The van der Waals surface area contributed by atoms with E-state index in [-0.39, 0.29) is 5.54 Å². The van der Waals surface area contributed by atoms with Crippen molar-refractivity contribution in [2.45, 2.75) is 45.2 Å². The van der Waals surface area contributed by atoms with Gasteiger partial charge < -0.3 is 5.32 Å². The van der Waals surface area contributed by atoms with Gasteiger partial charge in [-0.05, 0) is 46.2 Å². The van der Waals surface area contributed by atoms with Crippen LogP contribution < -0.4 is 5.32 Å². The maximum atomic E-state index is 4.38. The third-order valence-electron chi connectivity index (χ3n) is 3.09. The predicted molar refractivity (Wildman–Crippen MR) is 57.2 cm³/mol. The Morgan fingerprint density at radius 3 is 2.93 bits per heavy atom. The molecule has 3 heteroatoms. The highest BCUT2D eigenvalue weighted by molar-refractivity contribution is 5.16. The largest absolute Gasteiger partial charge is 0.306 e. The summed E-state index contributed by atoms with van der Waals surface area (Å²) in [5, 5.41) is 7.95. The van der Waals surface area contributed by atoms with Gasteiger partial charge in [-0.1, -0.05) is 0 Å². The van der Waals surface area contributed by atoms with Crippen molar-refractivity contribution >= 4 is 0 Å². The highest BCUT2D eigenvalue weighted by atomic mass is 15.3. The minimum atomic E-state index is 0.140. The van der Waals surface area contributed by atoms with Gasteiger partial charge in [-0.15, -0.1) is 0 Å². The van der Waals surface area contributed by atoms with Crippen LogP contribution in [-0.4, -0.2) is 16.3 Å². The predicted octanol–water partition coefficient (Wildman–Crippen LogP) is 2.06. The van der Waals surface area contributed by atoms with Crippen molar-refractivity contribution in [2.75, 3.05) is 6.54 Å². The highest BCUT2D eigenvalue weighted by Crippen LogP contribution is 2.31. The number of aromatic nitrogens is 2. The van der Waals surface area contributed by atoms with E-state index in [0.717, 1.165) is 6.54 Å². The molecule has 78 valence electrons. The molecular formula is C11H19N3. The molecule has 1 saturated heterocycles. The van der Waals surface area contributed by atoms with Gasteiger partial charge in [-0.25, -0.2) is 0 Å². The second kappa shape index (κ2) is 3.39. The lowest BCUT2D eigenvalue weighted by Gasteiger charge is -2.26. The second-order valence-corrected chi connectivity index (χ2v) is 4.62. The Balaban J connectivity index is 2.35. The normalized spacial score (nSPS) is 27.4. The van der Waals surface area contributed by atoms with E-state index in [9.17, 15) is 0 Å². The summed E-state index contributed by atoms with van der Waals surface area (Å²) >= 11 is 0. The van der Waals surface area contributed by atoms with Crippen molar-refractivity contribution in [2.24, 2.45) is 0 Å². The Hall–Kier alpha value is -0.830. The first-order valence-electron chi connectivity index (χ1n) is 5.42. The molecule has 1 fully saturated rings. The van der Waals surface area contributed by atoms with Crippen LogP contribution in [0.15, 0.2) is 12.3 Å². The minimum absolute atomic E-state index is 0.140. The van der Waals surface area contributed by atoms with Crippen LogP contribution >= 0.6 is 0 Å². The molecule has 14 heavy (non-hydrogen) atoms. The van der Waals surface area contributed by atoms with E-state index >= 15 is 0 Å². The molecule has 1 aliphatic rings. The molecule has 1 N–H and O–H groups in total. The fourth-order valence-corrected chi connectivity index (χ4v) is 2.28. The summed E-state index contributed by atoms with van der Waals surface area (Å²) in [6.45, 7) is 7.75. The van der Waals surface area contributed by atoms with Crippen molar-refractivity contribution in [3.05, 3.63) is 18.0 Å². The SMILES string of the molecule is CC(C)n1nccc1C1(C)CCCN1. The van der Waals surface area contributed by atoms with E-state index in [1.54, 1.807) is 0 Å². The van der Waals surface area contributed by atoms with Crippen LogP contribution in [0.25, 0.3) is 0 Å². The monoisotopic (exact) mass is 193 g/mol. The van der Waals surface area contributed by atoms with Gasteiger partial charge in [0.2, 0.25) is 0 Å². The Morgan fingerprint density at radius 2 is 2.36 bits per heavy atom. The maximum Gasteiger partial charge on any atom is 0.0585 e. The molecule has 2 heterocycles. The summed E-state index contributed by atoms with van der Waals surface area (Å²) in [5.74, 6) is 0. The molecule has 2 rings (SSSR count). The number of hydrogen-bond donors (Lipinski definition) is 1. The summed E-state index contributed by atoms with van der Waals surface area (Å²) in [6, 6.07) is 2.58. The van der Waals surface area contributed by atoms with Gasteiger partial charge in [0.1, 0.15) is 0 Å². The smallest absolute Gasteiger partial charge is 0.0585 e. The molecular weight excluding hydrogens is 174 g/mol. The molecule has 3 nitrogen and oxygen atoms in total. The van der Waals surface area contributed by atoms with Crippen LogP contribution in [0.3, 0.4) is 0 Å². The van der Waals surface area contributed by atoms with E-state index in [2.05, 4.69) is 41.9 Å².